The maximum atomic E-state index is 10.4. The number of rotatable bonds is 5. The summed E-state index contributed by atoms with van der Waals surface area (Å²) < 4.78 is 0. The molecule has 0 spiro atoms. The van der Waals surface area contributed by atoms with Gasteiger partial charge in [-0.25, -0.2) is 0 Å². The van der Waals surface area contributed by atoms with Crippen LogP contribution in [0, 0.1) is 6.92 Å². The van der Waals surface area contributed by atoms with E-state index in [-0.39, 0.29) is 5.54 Å². The Bertz CT molecular complexity index is 926. The van der Waals surface area contributed by atoms with Crippen molar-refractivity contribution in [2.75, 3.05) is 0 Å². The van der Waals surface area contributed by atoms with E-state index >= 15 is 0 Å². The van der Waals surface area contributed by atoms with E-state index < -0.39 is 0 Å². The zero-order chi connectivity index (χ0) is 21.4. The molecule has 0 fully saturated rings. The third-order valence-corrected chi connectivity index (χ3v) is 5.78. The molecular formula is C24H27ClNOPTi. The molecule has 0 bridgehead atoms. The molecule has 3 rings (SSSR count). The van der Waals surface area contributed by atoms with Gasteiger partial charge in [-0.15, -0.1) is 12.1 Å². The molecule has 1 atom stereocenters. The molecule has 3 aromatic carbocycles. The minimum atomic E-state index is -0.0561. The summed E-state index contributed by atoms with van der Waals surface area (Å²) in [6, 6.07) is 22.7. The van der Waals surface area contributed by atoms with E-state index in [1.54, 1.807) is 6.07 Å². The quantitative estimate of drug-likeness (QED) is 0.350. The van der Waals surface area contributed by atoms with Crippen LogP contribution in [0.3, 0.4) is 0 Å². The molecule has 29 heavy (non-hydrogen) atoms. The predicted octanol–water partition coefficient (Wildman–Crippen LogP) is 6.36. The van der Waals surface area contributed by atoms with E-state index in [0.29, 0.717) is 20.9 Å². The number of halogens is 1. The van der Waals surface area contributed by atoms with Gasteiger partial charge in [0.2, 0.25) is 0 Å². The number of hydrogen-bond acceptors (Lipinski definition) is 1. The Labute approximate surface area is 192 Å². The van der Waals surface area contributed by atoms with Gasteiger partial charge in [0.1, 0.15) is 5.75 Å². The molecule has 1 unspecified atom stereocenters. The molecule has 0 heterocycles. The average Bonchev–Trinajstić information content (AvgIpc) is 2.71. The average molecular weight is 460 g/mol. The Kier molecular flexibility index (Phi) is 9.40. The molecule has 3 aromatic rings. The second-order valence-corrected chi connectivity index (χ2v) is 9.20. The van der Waals surface area contributed by atoms with Crippen LogP contribution in [-0.2, 0) is 25.9 Å². The number of aryl methyl sites for hydroxylation is 1. The first-order valence-electron chi connectivity index (χ1n) is 9.44. The van der Waals surface area contributed by atoms with Crippen molar-refractivity contribution in [2.24, 2.45) is 0 Å². The fourth-order valence-electron chi connectivity index (χ4n) is 2.89. The van der Waals surface area contributed by atoms with Crippen molar-refractivity contribution in [1.82, 2.24) is 0 Å². The van der Waals surface area contributed by atoms with Gasteiger partial charge in [0, 0.05) is 5.30 Å². The molecule has 1 N–H and O–H groups in total. The number of phenols is 1. The van der Waals surface area contributed by atoms with Crippen LogP contribution in [-0.4, -0.2) is 10.6 Å². The number of nitrogens with zero attached hydrogens (tertiary/aromatic N) is 1. The third kappa shape index (κ3) is 7.56. The first-order chi connectivity index (χ1) is 13.8. The first-order valence-corrected chi connectivity index (χ1v) is 12.6. The molecule has 0 radical (unpaired) electrons. The molecule has 5 heteroatoms. The Morgan fingerprint density at radius 1 is 0.897 bits per heavy atom. The van der Waals surface area contributed by atoms with Gasteiger partial charge in [0.05, 0.1) is 0 Å². The van der Waals surface area contributed by atoms with Crippen molar-refractivity contribution >= 4 is 28.5 Å². The standard InChI is InChI=1S/C24H27NOP.ClH.Ti/c1-17-10-13-22(20(14-17)16-25-24(2,3)4)27-23-15-19(11-12-21(23)26)18-8-6-5-7-9-18;;/h5-15,26-27H,16H2,1-4H3;1H;/q-1;;+2/p-1. The first kappa shape index (κ1) is 24.1. The van der Waals surface area contributed by atoms with Crippen molar-refractivity contribution in [2.45, 2.75) is 39.8 Å². The fourth-order valence-corrected chi connectivity index (χ4v) is 4.10. The summed E-state index contributed by atoms with van der Waals surface area (Å²) in [6.07, 6.45) is 0. The van der Waals surface area contributed by atoms with Crippen LogP contribution in [0.1, 0.15) is 31.9 Å². The second-order valence-electron chi connectivity index (χ2n) is 7.87. The summed E-state index contributed by atoms with van der Waals surface area (Å²) in [6.45, 7) is 9.19. The van der Waals surface area contributed by atoms with Crippen molar-refractivity contribution in [3.8, 4) is 16.9 Å². The molecular weight excluding hydrogens is 433 g/mol. The van der Waals surface area contributed by atoms with Crippen LogP contribution >= 0.6 is 17.9 Å². The van der Waals surface area contributed by atoms with Gasteiger partial charge >= 0.3 is 28.7 Å². The van der Waals surface area contributed by atoms with Gasteiger partial charge in [-0.2, -0.15) is 0 Å². The number of aromatic hydroxyl groups is 1. The summed E-state index contributed by atoms with van der Waals surface area (Å²) in [7, 11) is 5.03. The van der Waals surface area contributed by atoms with Crippen molar-refractivity contribution in [3.05, 3.63) is 83.2 Å². The minimum absolute atomic E-state index is 0.0561. The Balaban J connectivity index is 0.00000145. The van der Waals surface area contributed by atoms with E-state index in [1.165, 1.54) is 35.8 Å². The Morgan fingerprint density at radius 3 is 2.24 bits per heavy atom. The van der Waals surface area contributed by atoms with Crippen LogP contribution < -0.4 is 10.6 Å². The van der Waals surface area contributed by atoms with Crippen LogP contribution in [0.25, 0.3) is 16.4 Å². The summed E-state index contributed by atoms with van der Waals surface area (Å²) in [5, 5.41) is 17.4. The van der Waals surface area contributed by atoms with E-state index in [2.05, 4.69) is 73.4 Å². The predicted molar refractivity (Wildman–Crippen MR) is 125 cm³/mol. The molecule has 0 aliphatic rings. The van der Waals surface area contributed by atoms with Gasteiger partial charge < -0.3 is 10.4 Å². The van der Waals surface area contributed by atoms with Gasteiger partial charge in [0.25, 0.3) is 0 Å². The van der Waals surface area contributed by atoms with E-state index in [9.17, 15) is 5.11 Å². The molecule has 2 nitrogen and oxygen atoms in total. The van der Waals surface area contributed by atoms with Gasteiger partial charge in [-0.1, -0.05) is 95.1 Å². The normalized spacial score (nSPS) is 11.3. The summed E-state index contributed by atoms with van der Waals surface area (Å²) in [5.41, 5.74) is 4.72. The van der Waals surface area contributed by atoms with Crippen LogP contribution in [0.2, 0.25) is 0 Å². The number of hydrogen-bond donors (Lipinski definition) is 1. The summed E-state index contributed by atoms with van der Waals surface area (Å²) in [5.74, 6) is 0.354. The van der Waals surface area contributed by atoms with Crippen LogP contribution in [0.4, 0.5) is 0 Å². The summed E-state index contributed by atoms with van der Waals surface area (Å²) in [4.78, 5) is 0. The molecule has 0 amide bonds. The zero-order valence-corrected chi connectivity index (χ0v) is 20.6. The van der Waals surface area contributed by atoms with Crippen molar-refractivity contribution in [3.63, 3.8) is 0 Å². The topological polar surface area (TPSA) is 34.3 Å². The molecule has 0 saturated carbocycles. The fraction of sp³-hybridized carbons (Fsp3) is 0.250. The van der Waals surface area contributed by atoms with Crippen molar-refractivity contribution in [1.29, 1.82) is 0 Å². The van der Waals surface area contributed by atoms with Crippen LogP contribution in [0.15, 0.2) is 66.7 Å². The third-order valence-electron chi connectivity index (χ3n) is 4.36. The number of benzene rings is 3. The van der Waals surface area contributed by atoms with E-state index in [0.717, 1.165) is 16.4 Å². The summed E-state index contributed by atoms with van der Waals surface area (Å²) >= 11 is 1.47. The van der Waals surface area contributed by atoms with Gasteiger partial charge in [0.15, 0.2) is 0 Å². The zero-order valence-electron chi connectivity index (χ0n) is 17.3. The maximum absolute atomic E-state index is 10.4. The Morgan fingerprint density at radius 2 is 1.59 bits per heavy atom. The SMILES string of the molecule is Cc1ccc(Pc2cc(-c3ccccc3)ccc2O)c(C[N-]C(C)(C)C)c1.[Cl][Ti+]. The number of phenolic OH excluding ortho intramolecular Hbond substituents is 1. The van der Waals surface area contributed by atoms with E-state index in [1.807, 2.05) is 24.3 Å². The Hall–Kier alpha value is -1.15. The van der Waals surface area contributed by atoms with Gasteiger partial charge in [-0.3, -0.25) is 0 Å². The van der Waals surface area contributed by atoms with Crippen molar-refractivity contribution < 1.29 is 24.5 Å². The van der Waals surface area contributed by atoms with E-state index in [4.69, 9.17) is 5.32 Å². The monoisotopic (exact) mass is 459 g/mol. The molecule has 0 saturated heterocycles. The molecule has 150 valence electrons. The van der Waals surface area contributed by atoms with Gasteiger partial charge in [-0.05, 0) is 35.5 Å². The second kappa shape index (κ2) is 11.3. The van der Waals surface area contributed by atoms with Crippen LogP contribution in [0.5, 0.6) is 5.75 Å². The molecule has 0 aliphatic carbocycles. The molecule has 0 aromatic heterocycles. The molecule has 0 aliphatic heterocycles.